The summed E-state index contributed by atoms with van der Waals surface area (Å²) in [6.45, 7) is 1.82. The molecule has 2 rings (SSSR count). The Morgan fingerprint density at radius 1 is 1.28 bits per heavy atom. The minimum atomic E-state index is -0.326. The van der Waals surface area contributed by atoms with Crippen molar-refractivity contribution in [3.05, 3.63) is 41.7 Å². The van der Waals surface area contributed by atoms with E-state index in [0.717, 1.165) is 5.56 Å². The molecule has 0 aliphatic carbocycles. The number of hydrogen-bond acceptors (Lipinski definition) is 4. The van der Waals surface area contributed by atoms with Gasteiger partial charge in [-0.2, -0.15) is 4.98 Å². The number of hydrogen-bond donors (Lipinski definition) is 2. The Morgan fingerprint density at radius 3 is 2.72 bits per heavy atom. The van der Waals surface area contributed by atoms with Crippen molar-refractivity contribution in [3.8, 4) is 5.88 Å². The first-order valence-corrected chi connectivity index (χ1v) is 5.44. The molecule has 5 heteroatoms. The zero-order valence-corrected chi connectivity index (χ0v) is 10.2. The van der Waals surface area contributed by atoms with Gasteiger partial charge in [0.1, 0.15) is 11.6 Å². The van der Waals surface area contributed by atoms with Crippen LogP contribution in [-0.2, 0) is 0 Å². The summed E-state index contributed by atoms with van der Waals surface area (Å²) in [6.07, 6.45) is 0. The summed E-state index contributed by atoms with van der Waals surface area (Å²) in [4.78, 5) is 4.14. The molecule has 0 spiro atoms. The highest BCUT2D eigenvalue weighted by atomic mass is 19.1. The molecule has 0 bridgehead atoms. The van der Waals surface area contributed by atoms with Crippen LogP contribution in [-0.4, -0.2) is 12.1 Å². The van der Waals surface area contributed by atoms with Crippen molar-refractivity contribution in [2.24, 2.45) is 0 Å². The third-order valence-electron chi connectivity index (χ3n) is 2.56. The highest BCUT2D eigenvalue weighted by Crippen LogP contribution is 2.26. The number of aryl methyl sites for hydroxylation is 1. The zero-order valence-electron chi connectivity index (χ0n) is 10.2. The molecule has 0 amide bonds. The molecule has 2 aromatic rings. The number of methoxy groups -OCH3 is 1. The van der Waals surface area contributed by atoms with Crippen LogP contribution < -0.4 is 15.8 Å². The first kappa shape index (κ1) is 12.2. The van der Waals surface area contributed by atoms with E-state index in [-0.39, 0.29) is 5.82 Å². The van der Waals surface area contributed by atoms with E-state index < -0.39 is 0 Å². The lowest BCUT2D eigenvalue weighted by molar-refractivity contribution is 0.401. The summed E-state index contributed by atoms with van der Waals surface area (Å²) >= 11 is 0. The van der Waals surface area contributed by atoms with E-state index in [0.29, 0.717) is 23.1 Å². The van der Waals surface area contributed by atoms with Crippen LogP contribution >= 0.6 is 0 Å². The van der Waals surface area contributed by atoms with E-state index >= 15 is 0 Å². The van der Waals surface area contributed by atoms with Gasteiger partial charge >= 0.3 is 0 Å². The van der Waals surface area contributed by atoms with Gasteiger partial charge < -0.3 is 15.8 Å². The van der Waals surface area contributed by atoms with Gasteiger partial charge in [0.25, 0.3) is 0 Å². The van der Waals surface area contributed by atoms with Crippen molar-refractivity contribution < 1.29 is 9.13 Å². The number of nitrogens with two attached hydrogens (primary N) is 1. The maximum Gasteiger partial charge on any atom is 0.238 e. The second-order valence-electron chi connectivity index (χ2n) is 3.85. The predicted octanol–water partition coefficient (Wildman–Crippen LogP) is 2.86. The maximum absolute atomic E-state index is 13.7. The third kappa shape index (κ3) is 2.34. The van der Waals surface area contributed by atoms with Crippen molar-refractivity contribution in [3.63, 3.8) is 0 Å². The molecule has 4 nitrogen and oxygen atoms in total. The Morgan fingerprint density at radius 2 is 2.06 bits per heavy atom. The highest BCUT2D eigenvalue weighted by molar-refractivity contribution is 5.63. The molecular weight excluding hydrogens is 233 g/mol. The first-order valence-electron chi connectivity index (χ1n) is 5.44. The van der Waals surface area contributed by atoms with E-state index in [1.54, 1.807) is 18.2 Å². The van der Waals surface area contributed by atoms with Gasteiger partial charge in [0, 0.05) is 0 Å². The number of nitrogens with one attached hydrogen (secondary N) is 1. The summed E-state index contributed by atoms with van der Waals surface area (Å²) in [7, 11) is 1.48. The Hall–Kier alpha value is -2.30. The van der Waals surface area contributed by atoms with Gasteiger partial charge in [-0.15, -0.1) is 0 Å². The minimum Gasteiger partial charge on any atom is -0.479 e. The van der Waals surface area contributed by atoms with Crippen LogP contribution in [0.5, 0.6) is 5.88 Å². The minimum absolute atomic E-state index is 0.314. The fraction of sp³-hybridized carbons (Fsp3) is 0.154. The Kier molecular flexibility index (Phi) is 3.32. The number of pyridine rings is 1. The molecule has 0 atom stereocenters. The van der Waals surface area contributed by atoms with Crippen molar-refractivity contribution in [1.29, 1.82) is 0 Å². The normalized spacial score (nSPS) is 10.2. The Bertz CT molecular complexity index is 552. The number of nitrogen functional groups attached to an aromatic ring is 1. The van der Waals surface area contributed by atoms with Gasteiger partial charge in [-0.3, -0.25) is 0 Å². The van der Waals surface area contributed by atoms with Gasteiger partial charge in [0.15, 0.2) is 0 Å². The lowest BCUT2D eigenvalue weighted by atomic mass is 10.2. The van der Waals surface area contributed by atoms with Gasteiger partial charge in [0.05, 0.1) is 18.5 Å². The lowest BCUT2D eigenvalue weighted by Crippen LogP contribution is -2.01. The molecule has 3 N–H and O–H groups in total. The smallest absolute Gasteiger partial charge is 0.238 e. The number of ether oxygens (including phenoxy) is 1. The van der Waals surface area contributed by atoms with Crippen LogP contribution in [0.2, 0.25) is 0 Å². The topological polar surface area (TPSA) is 60.2 Å². The molecule has 94 valence electrons. The monoisotopic (exact) mass is 247 g/mol. The fourth-order valence-electron chi connectivity index (χ4n) is 1.60. The summed E-state index contributed by atoms with van der Waals surface area (Å²) in [6, 6.07) is 8.20. The van der Waals surface area contributed by atoms with Crippen LogP contribution in [0.3, 0.4) is 0 Å². The van der Waals surface area contributed by atoms with Gasteiger partial charge in [-0.1, -0.05) is 12.1 Å². The SMILES string of the molecule is COc1nc(Nc2c(C)cccc2F)ccc1N. The average Bonchev–Trinajstić information content (AvgIpc) is 2.36. The van der Waals surface area contributed by atoms with E-state index in [1.807, 2.05) is 13.0 Å². The third-order valence-corrected chi connectivity index (χ3v) is 2.56. The van der Waals surface area contributed by atoms with Crippen molar-refractivity contribution in [2.75, 3.05) is 18.2 Å². The number of nitrogens with zero attached hydrogens (tertiary/aromatic N) is 1. The van der Waals surface area contributed by atoms with Crippen molar-refractivity contribution in [2.45, 2.75) is 6.92 Å². The quantitative estimate of drug-likeness (QED) is 0.875. The standard InChI is InChI=1S/C13H14FN3O/c1-8-4-3-5-9(14)12(8)16-11-7-6-10(15)13(17-11)18-2/h3-7H,15H2,1-2H3,(H,16,17). The number of para-hydroxylation sites is 1. The van der Waals surface area contributed by atoms with Crippen molar-refractivity contribution >= 4 is 17.2 Å². The van der Waals surface area contributed by atoms with Gasteiger partial charge in [-0.05, 0) is 30.7 Å². The molecule has 0 saturated carbocycles. The van der Waals surface area contributed by atoms with Crippen LogP contribution in [0.25, 0.3) is 0 Å². The van der Waals surface area contributed by atoms with Crippen LogP contribution in [0.1, 0.15) is 5.56 Å². The largest absolute Gasteiger partial charge is 0.479 e. The highest BCUT2D eigenvalue weighted by Gasteiger charge is 2.08. The van der Waals surface area contributed by atoms with Crippen LogP contribution in [0.15, 0.2) is 30.3 Å². The van der Waals surface area contributed by atoms with Crippen LogP contribution in [0, 0.1) is 12.7 Å². The van der Waals surface area contributed by atoms with Crippen LogP contribution in [0.4, 0.5) is 21.6 Å². The zero-order chi connectivity index (χ0) is 13.1. The second kappa shape index (κ2) is 4.91. The predicted molar refractivity (Wildman–Crippen MR) is 69.6 cm³/mol. The lowest BCUT2D eigenvalue weighted by Gasteiger charge is -2.11. The molecule has 0 unspecified atom stereocenters. The first-order chi connectivity index (χ1) is 8.61. The molecule has 1 heterocycles. The Balaban J connectivity index is 2.34. The molecule has 0 saturated heterocycles. The maximum atomic E-state index is 13.7. The number of benzene rings is 1. The van der Waals surface area contributed by atoms with Gasteiger partial charge in [-0.25, -0.2) is 4.39 Å². The van der Waals surface area contributed by atoms with E-state index in [9.17, 15) is 4.39 Å². The fourth-order valence-corrected chi connectivity index (χ4v) is 1.60. The molecule has 1 aromatic heterocycles. The number of anilines is 3. The van der Waals surface area contributed by atoms with E-state index in [4.69, 9.17) is 10.5 Å². The van der Waals surface area contributed by atoms with Crippen molar-refractivity contribution in [1.82, 2.24) is 4.98 Å². The van der Waals surface area contributed by atoms with Gasteiger partial charge in [0.2, 0.25) is 5.88 Å². The summed E-state index contributed by atoms with van der Waals surface area (Å²) in [5.74, 6) is 0.468. The van der Waals surface area contributed by atoms with E-state index in [2.05, 4.69) is 10.3 Å². The molecule has 0 aliphatic heterocycles. The average molecular weight is 247 g/mol. The second-order valence-corrected chi connectivity index (χ2v) is 3.85. The molecule has 0 fully saturated rings. The molecular formula is C13H14FN3O. The molecule has 1 aromatic carbocycles. The summed E-state index contributed by atoms with van der Waals surface area (Å²) < 4.78 is 18.7. The number of halogens is 1. The summed E-state index contributed by atoms with van der Waals surface area (Å²) in [5, 5.41) is 2.92. The van der Waals surface area contributed by atoms with E-state index in [1.165, 1.54) is 13.2 Å². The number of aromatic nitrogens is 1. The molecule has 18 heavy (non-hydrogen) atoms. The Labute approximate surface area is 105 Å². The molecule has 0 radical (unpaired) electrons. The number of rotatable bonds is 3. The summed E-state index contributed by atoms with van der Waals surface area (Å²) in [5.41, 5.74) is 7.30. The molecule has 0 aliphatic rings.